The van der Waals surface area contributed by atoms with E-state index in [1.165, 1.54) is 24.3 Å². The second kappa shape index (κ2) is 6.05. The van der Waals surface area contributed by atoms with Crippen LogP contribution in [-0.4, -0.2) is 60.3 Å². The number of hydrogen-bond acceptors (Lipinski definition) is 7. The van der Waals surface area contributed by atoms with Gasteiger partial charge in [-0.2, -0.15) is 0 Å². The Kier molecular flexibility index (Phi) is 4.52. The monoisotopic (exact) mass is 310 g/mol. The van der Waals surface area contributed by atoms with E-state index in [9.17, 15) is 35.4 Å². The summed E-state index contributed by atoms with van der Waals surface area (Å²) in [4.78, 5) is 12.1. The molecule has 0 bridgehead atoms. The molecule has 0 spiro atoms. The Morgan fingerprint density at radius 3 is 2.50 bits per heavy atom. The van der Waals surface area contributed by atoms with E-state index >= 15 is 0 Å². The summed E-state index contributed by atoms with van der Waals surface area (Å²) in [5.41, 5.74) is -1.88. The number of phenolic OH excluding ortho intramolecular Hbond substituents is 2. The first-order valence-electron chi connectivity index (χ1n) is 6.75. The summed E-state index contributed by atoms with van der Waals surface area (Å²) >= 11 is 0. The van der Waals surface area contributed by atoms with Gasteiger partial charge in [0.15, 0.2) is 22.9 Å². The van der Waals surface area contributed by atoms with Crippen molar-refractivity contribution in [3.05, 3.63) is 29.8 Å². The van der Waals surface area contributed by atoms with E-state index in [-0.39, 0.29) is 24.3 Å². The molecule has 1 fully saturated rings. The Morgan fingerprint density at radius 2 is 1.86 bits per heavy atom. The van der Waals surface area contributed by atoms with Crippen molar-refractivity contribution in [1.82, 2.24) is 0 Å². The minimum Gasteiger partial charge on any atom is -0.504 e. The number of ketones is 1. The molecule has 1 aromatic rings. The van der Waals surface area contributed by atoms with Crippen LogP contribution in [0.1, 0.15) is 18.4 Å². The summed E-state index contributed by atoms with van der Waals surface area (Å²) in [6.45, 7) is 0. The van der Waals surface area contributed by atoms with Crippen LogP contribution in [0.4, 0.5) is 0 Å². The van der Waals surface area contributed by atoms with Crippen molar-refractivity contribution >= 4 is 11.9 Å². The lowest BCUT2D eigenvalue weighted by atomic mass is 9.76. The number of benzene rings is 1. The zero-order valence-corrected chi connectivity index (χ0v) is 11.6. The van der Waals surface area contributed by atoms with E-state index in [4.69, 9.17) is 0 Å². The maximum Gasteiger partial charge on any atom is 0.190 e. The number of phenols is 2. The normalized spacial score (nSPS) is 32.3. The van der Waals surface area contributed by atoms with Gasteiger partial charge in [-0.1, -0.05) is 12.1 Å². The topological polar surface area (TPSA) is 138 Å². The minimum absolute atomic E-state index is 0.119. The van der Waals surface area contributed by atoms with Crippen molar-refractivity contribution in [2.24, 2.45) is 0 Å². The molecule has 120 valence electrons. The molecule has 0 amide bonds. The van der Waals surface area contributed by atoms with Crippen LogP contribution in [0.15, 0.2) is 24.3 Å². The van der Waals surface area contributed by atoms with Crippen molar-refractivity contribution in [3.63, 3.8) is 0 Å². The molecule has 0 aliphatic heterocycles. The molecule has 4 atom stereocenters. The summed E-state index contributed by atoms with van der Waals surface area (Å²) in [5, 5.41) is 57.8. The van der Waals surface area contributed by atoms with Gasteiger partial charge in [-0.05, 0) is 23.8 Å². The van der Waals surface area contributed by atoms with E-state index in [1.807, 2.05) is 0 Å². The third kappa shape index (κ3) is 3.12. The smallest absolute Gasteiger partial charge is 0.190 e. The lowest BCUT2D eigenvalue weighted by molar-refractivity contribution is -0.182. The largest absolute Gasteiger partial charge is 0.504 e. The molecule has 1 aliphatic carbocycles. The van der Waals surface area contributed by atoms with E-state index in [1.54, 1.807) is 0 Å². The highest BCUT2D eigenvalue weighted by Gasteiger charge is 2.50. The minimum atomic E-state index is -2.27. The van der Waals surface area contributed by atoms with Crippen LogP contribution in [0.2, 0.25) is 0 Å². The Hall–Kier alpha value is -1.93. The molecule has 0 heterocycles. The molecule has 7 nitrogen and oxygen atoms in total. The van der Waals surface area contributed by atoms with Gasteiger partial charge in [-0.25, -0.2) is 0 Å². The fourth-order valence-corrected chi connectivity index (χ4v) is 2.50. The number of hydrogen-bond donors (Lipinski definition) is 6. The molecular weight excluding hydrogens is 292 g/mol. The Bertz CT molecular complexity index is 598. The van der Waals surface area contributed by atoms with Gasteiger partial charge in [0.1, 0.15) is 6.10 Å². The summed E-state index contributed by atoms with van der Waals surface area (Å²) in [7, 11) is 0. The van der Waals surface area contributed by atoms with Crippen LogP contribution in [0.25, 0.3) is 6.08 Å². The summed E-state index contributed by atoms with van der Waals surface area (Å²) < 4.78 is 0. The summed E-state index contributed by atoms with van der Waals surface area (Å²) in [6, 6.07) is 3.88. The standard InChI is InChI=1S/C15H18O7/c16-9-6-12(19)14(21)15(22,7-9)13(20)4-2-8-1-3-10(17)11(18)5-8/h1-5,9,12,14,16-19,21-22H,6-7H2. The van der Waals surface area contributed by atoms with E-state index in [2.05, 4.69) is 0 Å². The molecule has 4 unspecified atom stereocenters. The third-order valence-electron chi connectivity index (χ3n) is 3.77. The highest BCUT2D eigenvalue weighted by Crippen LogP contribution is 2.31. The van der Waals surface area contributed by atoms with Crippen molar-refractivity contribution in [2.45, 2.75) is 36.8 Å². The lowest BCUT2D eigenvalue weighted by Gasteiger charge is -2.40. The molecule has 6 N–H and O–H groups in total. The van der Waals surface area contributed by atoms with Gasteiger partial charge in [0.05, 0.1) is 12.2 Å². The number of rotatable bonds is 3. The molecule has 0 saturated heterocycles. The van der Waals surface area contributed by atoms with Gasteiger partial charge >= 0.3 is 0 Å². The first kappa shape index (κ1) is 16.4. The van der Waals surface area contributed by atoms with Crippen LogP contribution in [0.5, 0.6) is 11.5 Å². The number of aliphatic hydroxyl groups is 4. The molecule has 1 aliphatic rings. The maximum absolute atomic E-state index is 12.1. The van der Waals surface area contributed by atoms with Crippen LogP contribution >= 0.6 is 0 Å². The van der Waals surface area contributed by atoms with Gasteiger partial charge in [0.25, 0.3) is 0 Å². The Labute approximate surface area is 126 Å². The summed E-state index contributed by atoms with van der Waals surface area (Å²) in [6.07, 6.45) is -2.43. The highest BCUT2D eigenvalue weighted by atomic mass is 16.4. The zero-order chi connectivity index (χ0) is 16.5. The SMILES string of the molecule is O=C(C=Cc1ccc(O)c(O)c1)C1(O)CC(O)CC(O)C1O. The van der Waals surface area contributed by atoms with Crippen LogP contribution in [0, 0.1) is 0 Å². The van der Waals surface area contributed by atoms with Crippen molar-refractivity contribution < 1.29 is 35.4 Å². The third-order valence-corrected chi connectivity index (χ3v) is 3.77. The predicted octanol–water partition coefficient (Wildman–Crippen LogP) is -0.712. The first-order valence-corrected chi connectivity index (χ1v) is 6.75. The number of carbonyl (C=O) groups is 1. The summed E-state index contributed by atoms with van der Waals surface area (Å²) in [5.74, 6) is -1.54. The van der Waals surface area contributed by atoms with Gasteiger partial charge in [0.2, 0.25) is 0 Å². The Balaban J connectivity index is 2.19. The van der Waals surface area contributed by atoms with Gasteiger partial charge in [-0.15, -0.1) is 0 Å². The first-order chi connectivity index (χ1) is 10.2. The van der Waals surface area contributed by atoms with Crippen molar-refractivity contribution in [3.8, 4) is 11.5 Å². The molecule has 0 radical (unpaired) electrons. The molecule has 2 rings (SSSR count). The Morgan fingerprint density at radius 1 is 1.18 bits per heavy atom. The van der Waals surface area contributed by atoms with E-state index in [0.29, 0.717) is 5.56 Å². The average Bonchev–Trinajstić information content (AvgIpc) is 2.45. The maximum atomic E-state index is 12.1. The quantitative estimate of drug-likeness (QED) is 0.320. The van der Waals surface area contributed by atoms with E-state index in [0.717, 1.165) is 6.08 Å². The van der Waals surface area contributed by atoms with Crippen LogP contribution in [0.3, 0.4) is 0 Å². The molecule has 7 heteroatoms. The van der Waals surface area contributed by atoms with Crippen molar-refractivity contribution in [1.29, 1.82) is 0 Å². The van der Waals surface area contributed by atoms with E-state index < -0.39 is 29.7 Å². The van der Waals surface area contributed by atoms with Crippen LogP contribution in [-0.2, 0) is 4.79 Å². The number of carbonyl (C=O) groups excluding carboxylic acids is 1. The molecule has 0 aromatic heterocycles. The zero-order valence-electron chi connectivity index (χ0n) is 11.6. The molecule has 1 aromatic carbocycles. The second-order valence-electron chi connectivity index (χ2n) is 5.48. The van der Waals surface area contributed by atoms with Gasteiger partial charge < -0.3 is 30.6 Å². The number of aromatic hydroxyl groups is 2. The van der Waals surface area contributed by atoms with Gasteiger partial charge in [0, 0.05) is 12.8 Å². The molecular formula is C15H18O7. The molecule has 1 saturated carbocycles. The second-order valence-corrected chi connectivity index (χ2v) is 5.48. The van der Waals surface area contributed by atoms with Gasteiger partial charge in [-0.3, -0.25) is 4.79 Å². The highest BCUT2D eigenvalue weighted by molar-refractivity contribution is 6.00. The lowest BCUT2D eigenvalue weighted by Crippen LogP contribution is -2.60. The molecule has 22 heavy (non-hydrogen) atoms. The van der Waals surface area contributed by atoms with Crippen molar-refractivity contribution in [2.75, 3.05) is 0 Å². The predicted molar refractivity (Wildman–Crippen MR) is 76.0 cm³/mol. The van der Waals surface area contributed by atoms with Crippen LogP contribution < -0.4 is 0 Å². The number of aliphatic hydroxyl groups excluding tert-OH is 3. The average molecular weight is 310 g/mol. The fourth-order valence-electron chi connectivity index (χ4n) is 2.50. The fraction of sp³-hybridized carbons (Fsp3) is 0.400.